The fourth-order valence-electron chi connectivity index (χ4n) is 2.03. The Balaban J connectivity index is 2.19. The van der Waals surface area contributed by atoms with Gasteiger partial charge >= 0.3 is 0 Å². The molecule has 0 aromatic heterocycles. The Bertz CT molecular complexity index is 918. The molecule has 5 nitrogen and oxygen atoms in total. The number of nitrogens with one attached hydrogen (secondary N) is 2. The van der Waals surface area contributed by atoms with Gasteiger partial charge in [-0.05, 0) is 42.8 Å². The minimum atomic E-state index is -4.16. The first-order valence-corrected chi connectivity index (χ1v) is 8.86. The molecule has 0 spiro atoms. The van der Waals surface area contributed by atoms with Gasteiger partial charge in [-0.15, -0.1) is 0 Å². The van der Waals surface area contributed by atoms with Gasteiger partial charge in [-0.1, -0.05) is 6.92 Å². The zero-order valence-electron chi connectivity index (χ0n) is 13.4. The van der Waals surface area contributed by atoms with Gasteiger partial charge < -0.3 is 5.32 Å². The second-order valence-electron chi connectivity index (χ2n) is 5.25. The summed E-state index contributed by atoms with van der Waals surface area (Å²) in [6, 6.07) is 4.01. The maximum absolute atomic E-state index is 13.6. The molecular weight excluding hydrogens is 376 g/mol. The van der Waals surface area contributed by atoms with E-state index >= 15 is 0 Å². The first-order chi connectivity index (χ1) is 12.2. The predicted molar refractivity (Wildman–Crippen MR) is 85.7 cm³/mol. The zero-order valence-corrected chi connectivity index (χ0v) is 14.2. The van der Waals surface area contributed by atoms with Crippen LogP contribution >= 0.6 is 0 Å². The van der Waals surface area contributed by atoms with Crippen LogP contribution in [0.3, 0.4) is 0 Å². The second kappa shape index (κ2) is 7.83. The van der Waals surface area contributed by atoms with Crippen LogP contribution in [-0.2, 0) is 14.8 Å². The molecule has 0 saturated heterocycles. The van der Waals surface area contributed by atoms with Gasteiger partial charge in [0.15, 0.2) is 17.5 Å². The number of sulfonamides is 1. The van der Waals surface area contributed by atoms with Crippen LogP contribution < -0.4 is 10.0 Å². The number of halogens is 4. The molecule has 2 N–H and O–H groups in total. The molecule has 1 atom stereocenters. The lowest BCUT2D eigenvalue weighted by Gasteiger charge is -2.17. The molecule has 1 amide bonds. The predicted octanol–water partition coefficient (Wildman–Crippen LogP) is 2.94. The van der Waals surface area contributed by atoms with Gasteiger partial charge in [-0.3, -0.25) is 4.79 Å². The van der Waals surface area contributed by atoms with Gasteiger partial charge in [0.25, 0.3) is 0 Å². The van der Waals surface area contributed by atoms with E-state index in [1.807, 2.05) is 5.32 Å². The molecule has 0 aliphatic carbocycles. The van der Waals surface area contributed by atoms with Crippen molar-refractivity contribution in [3.63, 3.8) is 0 Å². The van der Waals surface area contributed by atoms with Gasteiger partial charge in [0.2, 0.25) is 15.9 Å². The highest BCUT2D eigenvalue weighted by Crippen LogP contribution is 2.20. The van der Waals surface area contributed by atoms with Crippen LogP contribution in [0.15, 0.2) is 41.3 Å². The highest BCUT2D eigenvalue weighted by Gasteiger charge is 2.26. The standard InChI is InChI=1S/C16H14F4N2O3S/c1-2-12(22-26(24,25)10-5-3-9(17)4-6-10)16(23)21-13-8-7-11(18)14(19)15(13)20/h3-8,12,22H,2H2,1H3,(H,21,23). The Hall–Kier alpha value is -2.46. The van der Waals surface area contributed by atoms with Crippen molar-refractivity contribution >= 4 is 21.6 Å². The van der Waals surface area contributed by atoms with E-state index in [4.69, 9.17) is 0 Å². The number of benzene rings is 2. The molecule has 0 fully saturated rings. The fourth-order valence-corrected chi connectivity index (χ4v) is 3.31. The number of hydrogen-bond donors (Lipinski definition) is 2. The van der Waals surface area contributed by atoms with Crippen molar-refractivity contribution < 1.29 is 30.8 Å². The molecule has 26 heavy (non-hydrogen) atoms. The quantitative estimate of drug-likeness (QED) is 0.588. The average Bonchev–Trinajstić information content (AvgIpc) is 2.60. The summed E-state index contributed by atoms with van der Waals surface area (Å²) in [6.45, 7) is 1.49. The summed E-state index contributed by atoms with van der Waals surface area (Å²) in [6.07, 6.45) is -0.0163. The molecule has 0 bridgehead atoms. The summed E-state index contributed by atoms with van der Waals surface area (Å²) in [5, 5.41) is 2.00. The van der Waals surface area contributed by atoms with Crippen LogP contribution in [0.4, 0.5) is 23.2 Å². The number of rotatable bonds is 6. The third kappa shape index (κ3) is 4.38. The Kier molecular flexibility index (Phi) is 5.98. The fraction of sp³-hybridized carbons (Fsp3) is 0.188. The lowest BCUT2D eigenvalue weighted by Crippen LogP contribution is -2.43. The molecule has 1 unspecified atom stereocenters. The van der Waals surface area contributed by atoms with Gasteiger partial charge in [0.05, 0.1) is 10.6 Å². The van der Waals surface area contributed by atoms with Crippen molar-refractivity contribution in [2.75, 3.05) is 5.32 Å². The molecular formula is C16H14F4N2O3S. The molecule has 0 aliphatic rings. The Labute approximate surface area is 147 Å². The van der Waals surface area contributed by atoms with E-state index < -0.39 is 50.9 Å². The molecule has 0 radical (unpaired) electrons. The summed E-state index contributed by atoms with van der Waals surface area (Å²) in [4.78, 5) is 11.9. The summed E-state index contributed by atoms with van der Waals surface area (Å²) in [5.74, 6) is -6.40. The Morgan fingerprint density at radius 1 is 1.00 bits per heavy atom. The molecule has 0 aliphatic heterocycles. The first kappa shape index (κ1) is 19.9. The number of anilines is 1. The lowest BCUT2D eigenvalue weighted by molar-refractivity contribution is -0.117. The first-order valence-electron chi connectivity index (χ1n) is 7.38. The van der Waals surface area contributed by atoms with E-state index in [9.17, 15) is 30.8 Å². The van der Waals surface area contributed by atoms with Crippen LogP contribution in [0.5, 0.6) is 0 Å². The maximum Gasteiger partial charge on any atom is 0.242 e. The van der Waals surface area contributed by atoms with Gasteiger partial charge in [0.1, 0.15) is 11.9 Å². The van der Waals surface area contributed by atoms with Crippen LogP contribution in [0.25, 0.3) is 0 Å². The third-order valence-corrected chi connectivity index (χ3v) is 4.93. The number of carbonyl (C=O) groups is 1. The van der Waals surface area contributed by atoms with E-state index in [1.54, 1.807) is 0 Å². The largest absolute Gasteiger partial charge is 0.322 e. The summed E-state index contributed by atoms with van der Waals surface area (Å²) < 4.78 is 79.2. The van der Waals surface area contributed by atoms with Crippen LogP contribution in [0, 0.1) is 23.3 Å². The Morgan fingerprint density at radius 3 is 2.19 bits per heavy atom. The van der Waals surface area contributed by atoms with E-state index in [-0.39, 0.29) is 11.3 Å². The van der Waals surface area contributed by atoms with Crippen LogP contribution in [0.1, 0.15) is 13.3 Å². The van der Waals surface area contributed by atoms with E-state index in [0.717, 1.165) is 30.3 Å². The van der Waals surface area contributed by atoms with Gasteiger partial charge in [-0.2, -0.15) is 4.72 Å². The van der Waals surface area contributed by atoms with Crippen molar-refractivity contribution in [2.45, 2.75) is 24.3 Å². The molecule has 0 saturated carbocycles. The normalized spacial score (nSPS) is 12.7. The second-order valence-corrected chi connectivity index (χ2v) is 6.96. The molecule has 2 aromatic carbocycles. The molecule has 0 heterocycles. The SMILES string of the molecule is CCC(NS(=O)(=O)c1ccc(F)cc1)C(=O)Nc1ccc(F)c(F)c1F. The highest BCUT2D eigenvalue weighted by molar-refractivity contribution is 7.89. The lowest BCUT2D eigenvalue weighted by atomic mass is 10.2. The van der Waals surface area contributed by atoms with E-state index in [0.29, 0.717) is 6.07 Å². The van der Waals surface area contributed by atoms with Gasteiger partial charge in [0, 0.05) is 0 Å². The van der Waals surface area contributed by atoms with Gasteiger partial charge in [-0.25, -0.2) is 26.0 Å². The summed E-state index contributed by atoms with van der Waals surface area (Å²) in [7, 11) is -4.16. The van der Waals surface area contributed by atoms with Crippen molar-refractivity contribution in [2.24, 2.45) is 0 Å². The van der Waals surface area contributed by atoms with E-state index in [2.05, 4.69) is 4.72 Å². The minimum absolute atomic E-state index is 0.0163. The number of carbonyl (C=O) groups excluding carboxylic acids is 1. The van der Waals surface area contributed by atoms with Crippen molar-refractivity contribution in [1.29, 1.82) is 0 Å². The average molecular weight is 390 g/mol. The van der Waals surface area contributed by atoms with Crippen LogP contribution in [0.2, 0.25) is 0 Å². The highest BCUT2D eigenvalue weighted by atomic mass is 32.2. The zero-order chi connectivity index (χ0) is 19.5. The van der Waals surface area contributed by atoms with Crippen molar-refractivity contribution in [1.82, 2.24) is 4.72 Å². The molecule has 140 valence electrons. The van der Waals surface area contributed by atoms with Crippen LogP contribution in [-0.4, -0.2) is 20.4 Å². The molecule has 2 rings (SSSR count). The third-order valence-electron chi connectivity index (χ3n) is 3.44. The summed E-state index contributed by atoms with van der Waals surface area (Å²) >= 11 is 0. The smallest absolute Gasteiger partial charge is 0.242 e. The maximum atomic E-state index is 13.6. The topological polar surface area (TPSA) is 75.3 Å². The molecule has 2 aromatic rings. The molecule has 10 heteroatoms. The summed E-state index contributed by atoms with van der Waals surface area (Å²) in [5.41, 5.74) is -0.631. The monoisotopic (exact) mass is 390 g/mol. The Morgan fingerprint density at radius 2 is 1.62 bits per heavy atom. The van der Waals surface area contributed by atoms with E-state index in [1.165, 1.54) is 6.92 Å². The van der Waals surface area contributed by atoms with Crippen molar-refractivity contribution in [3.8, 4) is 0 Å². The number of hydrogen-bond acceptors (Lipinski definition) is 3. The minimum Gasteiger partial charge on any atom is -0.322 e. The van der Waals surface area contributed by atoms with Crippen molar-refractivity contribution in [3.05, 3.63) is 59.7 Å². The number of amides is 1.